The van der Waals surface area contributed by atoms with E-state index in [1.54, 1.807) is 6.92 Å². The Morgan fingerprint density at radius 1 is 1.06 bits per heavy atom. The van der Waals surface area contributed by atoms with E-state index in [4.69, 9.17) is 4.74 Å². The first-order valence-electron chi connectivity index (χ1n) is 12.0. The molecule has 0 bridgehead atoms. The molecule has 0 saturated heterocycles. The smallest absolute Gasteiger partial charge is 0.407 e. The average molecular weight is 463 g/mol. The number of amides is 2. The predicted molar refractivity (Wildman–Crippen MR) is 126 cm³/mol. The van der Waals surface area contributed by atoms with Crippen LogP contribution in [-0.4, -0.2) is 42.3 Å². The van der Waals surface area contributed by atoms with Gasteiger partial charge in [0.1, 0.15) is 12.6 Å². The number of carboxylic acid groups (broad SMARTS) is 1. The molecule has 7 heteroatoms. The first-order valence-corrected chi connectivity index (χ1v) is 12.0. The molecule has 2 fully saturated rings. The first-order chi connectivity index (χ1) is 16.4. The molecule has 178 valence electrons. The van der Waals surface area contributed by atoms with E-state index < -0.39 is 23.5 Å². The zero-order chi connectivity index (χ0) is 23.9. The van der Waals surface area contributed by atoms with Crippen LogP contribution in [-0.2, 0) is 14.3 Å². The highest BCUT2D eigenvalue weighted by atomic mass is 16.5. The average Bonchev–Trinajstić information content (AvgIpc) is 3.44. The van der Waals surface area contributed by atoms with Gasteiger partial charge in [-0.25, -0.2) is 9.59 Å². The lowest BCUT2D eigenvalue weighted by molar-refractivity contribution is -0.143. The molecule has 2 amide bonds. The maximum atomic E-state index is 13.1. The van der Waals surface area contributed by atoms with Crippen molar-refractivity contribution in [3.63, 3.8) is 0 Å². The number of hydrogen-bond acceptors (Lipinski definition) is 4. The SMILES string of the molecule is CC[C@H](NC(=O)C1(CNC(=O)OCC2c3ccccc3-c3ccccc32)CC12CCC2)C(=O)O. The summed E-state index contributed by atoms with van der Waals surface area (Å²) in [4.78, 5) is 37.2. The van der Waals surface area contributed by atoms with Crippen molar-refractivity contribution in [2.24, 2.45) is 10.8 Å². The molecule has 3 aliphatic rings. The van der Waals surface area contributed by atoms with Crippen molar-refractivity contribution in [2.75, 3.05) is 13.2 Å². The quantitative estimate of drug-likeness (QED) is 0.549. The molecule has 5 rings (SSSR count). The Morgan fingerprint density at radius 2 is 1.68 bits per heavy atom. The summed E-state index contributed by atoms with van der Waals surface area (Å²) in [6, 6.07) is 15.4. The number of hydrogen-bond donors (Lipinski definition) is 3. The minimum absolute atomic E-state index is 0.0322. The number of ether oxygens (including phenoxy) is 1. The highest BCUT2D eigenvalue weighted by Crippen LogP contribution is 2.73. The van der Waals surface area contributed by atoms with Gasteiger partial charge in [0.25, 0.3) is 0 Å². The summed E-state index contributed by atoms with van der Waals surface area (Å²) in [7, 11) is 0. The van der Waals surface area contributed by atoms with E-state index in [0.717, 1.165) is 41.5 Å². The summed E-state index contributed by atoms with van der Waals surface area (Å²) in [5, 5.41) is 14.8. The monoisotopic (exact) mass is 462 g/mol. The van der Waals surface area contributed by atoms with Crippen LogP contribution in [0.4, 0.5) is 4.79 Å². The van der Waals surface area contributed by atoms with Crippen LogP contribution in [0.1, 0.15) is 56.1 Å². The van der Waals surface area contributed by atoms with Gasteiger partial charge in [-0.3, -0.25) is 4.79 Å². The lowest BCUT2D eigenvalue weighted by atomic mass is 9.74. The van der Waals surface area contributed by atoms with Crippen molar-refractivity contribution in [2.45, 2.75) is 51.0 Å². The molecule has 1 spiro atoms. The van der Waals surface area contributed by atoms with E-state index in [0.29, 0.717) is 12.8 Å². The van der Waals surface area contributed by atoms with E-state index in [2.05, 4.69) is 34.9 Å². The van der Waals surface area contributed by atoms with E-state index in [9.17, 15) is 19.5 Å². The maximum absolute atomic E-state index is 13.1. The van der Waals surface area contributed by atoms with Gasteiger partial charge in [-0.05, 0) is 53.4 Å². The fourth-order valence-electron chi connectivity index (χ4n) is 5.95. The molecule has 2 saturated carbocycles. The molecule has 3 N–H and O–H groups in total. The van der Waals surface area contributed by atoms with Crippen molar-refractivity contribution in [3.05, 3.63) is 59.7 Å². The minimum Gasteiger partial charge on any atom is -0.480 e. The summed E-state index contributed by atoms with van der Waals surface area (Å²) in [5.74, 6) is -1.35. The summed E-state index contributed by atoms with van der Waals surface area (Å²) in [6.07, 6.45) is 3.33. The van der Waals surface area contributed by atoms with Gasteiger partial charge in [0, 0.05) is 12.5 Å². The Morgan fingerprint density at radius 3 is 2.18 bits per heavy atom. The van der Waals surface area contributed by atoms with Gasteiger partial charge in [0.15, 0.2) is 0 Å². The molecule has 7 nitrogen and oxygen atoms in total. The van der Waals surface area contributed by atoms with Gasteiger partial charge in [-0.1, -0.05) is 61.9 Å². The highest BCUT2D eigenvalue weighted by molar-refractivity contribution is 5.91. The second kappa shape index (κ2) is 8.46. The molecular weight excluding hydrogens is 432 g/mol. The van der Waals surface area contributed by atoms with Gasteiger partial charge in [0.2, 0.25) is 5.91 Å². The largest absolute Gasteiger partial charge is 0.480 e. The van der Waals surface area contributed by atoms with Crippen LogP contribution >= 0.6 is 0 Å². The normalized spacial score (nSPS) is 22.1. The predicted octanol–water partition coefficient (Wildman–Crippen LogP) is 4.06. The third-order valence-electron chi connectivity index (χ3n) is 8.17. The standard InChI is InChI=1S/C27H30N2O5/c1-2-22(23(30)31)29-24(32)27(15-26(27)12-7-13-26)16-28-25(33)34-14-21-19-10-5-3-8-17(19)18-9-4-6-11-20(18)21/h3-6,8-11,21-22H,2,7,12-16H2,1H3,(H,28,33)(H,29,32)(H,30,31)/t22-,27?/m0/s1. The highest BCUT2D eigenvalue weighted by Gasteiger charge is 2.73. The van der Waals surface area contributed by atoms with E-state index in [1.165, 1.54) is 0 Å². The molecule has 0 radical (unpaired) electrons. The number of aliphatic carboxylic acids is 1. The zero-order valence-corrected chi connectivity index (χ0v) is 19.3. The number of benzene rings is 2. The van der Waals surface area contributed by atoms with E-state index >= 15 is 0 Å². The van der Waals surface area contributed by atoms with Crippen LogP contribution in [0.5, 0.6) is 0 Å². The summed E-state index contributed by atoms with van der Waals surface area (Å²) >= 11 is 0. The van der Waals surface area contributed by atoms with Crippen molar-refractivity contribution in [3.8, 4) is 11.1 Å². The zero-order valence-electron chi connectivity index (χ0n) is 19.3. The molecule has 0 heterocycles. The number of nitrogens with one attached hydrogen (secondary N) is 2. The number of fused-ring (bicyclic) bond motifs is 3. The molecule has 3 aliphatic carbocycles. The van der Waals surface area contributed by atoms with Crippen LogP contribution in [0.3, 0.4) is 0 Å². The second-order valence-corrected chi connectivity index (χ2v) is 9.84. The van der Waals surface area contributed by atoms with Crippen LogP contribution in [0, 0.1) is 10.8 Å². The fraction of sp³-hybridized carbons (Fsp3) is 0.444. The maximum Gasteiger partial charge on any atom is 0.407 e. The molecule has 2 atom stereocenters. The number of rotatable bonds is 8. The Hall–Kier alpha value is -3.35. The fourth-order valence-corrected chi connectivity index (χ4v) is 5.95. The molecular formula is C27H30N2O5. The molecule has 2 aromatic carbocycles. The van der Waals surface area contributed by atoms with E-state index in [-0.39, 0.29) is 30.4 Å². The van der Waals surface area contributed by atoms with Crippen molar-refractivity contribution in [1.29, 1.82) is 0 Å². The molecule has 1 unspecified atom stereocenters. The summed E-state index contributed by atoms with van der Waals surface area (Å²) in [5.41, 5.74) is 3.74. The Labute approximate surface area is 198 Å². The number of alkyl carbamates (subject to hydrolysis) is 1. The van der Waals surface area contributed by atoms with Gasteiger partial charge in [-0.15, -0.1) is 0 Å². The second-order valence-electron chi connectivity index (χ2n) is 9.84. The topological polar surface area (TPSA) is 105 Å². The Balaban J connectivity index is 1.23. The van der Waals surface area contributed by atoms with Gasteiger partial charge >= 0.3 is 12.1 Å². The minimum atomic E-state index is -1.04. The summed E-state index contributed by atoms with van der Waals surface area (Å²) < 4.78 is 5.63. The Bertz CT molecular complexity index is 1100. The number of carboxylic acids is 1. The van der Waals surface area contributed by atoms with Gasteiger partial charge in [-0.2, -0.15) is 0 Å². The van der Waals surface area contributed by atoms with Crippen molar-refractivity contribution >= 4 is 18.0 Å². The number of carbonyl (C=O) groups excluding carboxylic acids is 2. The van der Waals surface area contributed by atoms with Crippen LogP contribution in [0.2, 0.25) is 0 Å². The van der Waals surface area contributed by atoms with Crippen LogP contribution < -0.4 is 10.6 Å². The van der Waals surface area contributed by atoms with Gasteiger partial charge < -0.3 is 20.5 Å². The molecule has 0 aromatic heterocycles. The van der Waals surface area contributed by atoms with Gasteiger partial charge in [0.05, 0.1) is 5.41 Å². The van der Waals surface area contributed by atoms with Crippen LogP contribution in [0.25, 0.3) is 11.1 Å². The lowest BCUT2D eigenvalue weighted by Crippen LogP contribution is -2.50. The van der Waals surface area contributed by atoms with Crippen molar-refractivity contribution < 1.29 is 24.2 Å². The Kier molecular flexibility index (Phi) is 5.58. The first kappa shape index (κ1) is 22.4. The molecule has 34 heavy (non-hydrogen) atoms. The number of carbonyl (C=O) groups is 3. The third kappa shape index (κ3) is 3.54. The summed E-state index contributed by atoms with van der Waals surface area (Å²) in [6.45, 7) is 2.10. The third-order valence-corrected chi connectivity index (χ3v) is 8.17. The lowest BCUT2D eigenvalue weighted by Gasteiger charge is -2.33. The van der Waals surface area contributed by atoms with E-state index in [1.807, 2.05) is 24.3 Å². The van der Waals surface area contributed by atoms with Crippen molar-refractivity contribution in [1.82, 2.24) is 10.6 Å². The molecule has 0 aliphatic heterocycles. The molecule has 2 aromatic rings. The van der Waals surface area contributed by atoms with Crippen LogP contribution in [0.15, 0.2) is 48.5 Å².